The van der Waals surface area contributed by atoms with Crippen molar-refractivity contribution >= 4 is 5.91 Å². The summed E-state index contributed by atoms with van der Waals surface area (Å²) in [5.74, 6) is 2.32. The first-order valence-corrected chi connectivity index (χ1v) is 10.7. The van der Waals surface area contributed by atoms with Gasteiger partial charge in [0.1, 0.15) is 24.2 Å². The zero-order valence-electron chi connectivity index (χ0n) is 17.0. The Morgan fingerprint density at radius 3 is 2.45 bits per heavy atom. The summed E-state index contributed by atoms with van der Waals surface area (Å²) in [7, 11) is 0. The Bertz CT molecular complexity index is 886. The first-order valence-electron chi connectivity index (χ1n) is 10.7. The van der Waals surface area contributed by atoms with E-state index in [4.69, 9.17) is 14.4 Å². The van der Waals surface area contributed by atoms with E-state index in [-0.39, 0.29) is 12.5 Å². The van der Waals surface area contributed by atoms with Crippen LogP contribution in [-0.4, -0.2) is 22.9 Å². The molecule has 0 spiro atoms. The predicted octanol–water partition coefficient (Wildman–Crippen LogP) is 5.30. The molecular weight excluding hydrogens is 364 g/mol. The molecule has 2 aliphatic carbocycles. The molecule has 2 aromatic rings. The molecule has 0 radical (unpaired) electrons. The Hall–Kier alpha value is -2.74. The van der Waals surface area contributed by atoms with Crippen molar-refractivity contribution in [2.75, 3.05) is 0 Å². The number of para-hydroxylation sites is 1. The van der Waals surface area contributed by atoms with Crippen LogP contribution in [0.5, 0.6) is 5.75 Å². The molecule has 1 amide bonds. The Kier molecular flexibility index (Phi) is 5.89. The fourth-order valence-corrected chi connectivity index (χ4v) is 4.35. The van der Waals surface area contributed by atoms with E-state index in [1.54, 1.807) is 30.3 Å². The van der Waals surface area contributed by atoms with E-state index in [0.29, 0.717) is 34.9 Å². The van der Waals surface area contributed by atoms with Crippen molar-refractivity contribution in [3.05, 3.63) is 53.5 Å². The Labute approximate surface area is 172 Å². The molecule has 152 valence electrons. The average molecular weight is 392 g/mol. The summed E-state index contributed by atoms with van der Waals surface area (Å²) in [5.41, 5.74) is 0.484. The lowest BCUT2D eigenvalue weighted by Crippen LogP contribution is -2.43. The van der Waals surface area contributed by atoms with Gasteiger partial charge in [-0.2, -0.15) is 5.26 Å². The van der Waals surface area contributed by atoms with Gasteiger partial charge in [0.2, 0.25) is 0 Å². The fraction of sp³-hybridized carbons (Fsp3) is 0.500. The van der Waals surface area contributed by atoms with Crippen LogP contribution in [0.1, 0.15) is 73.7 Å². The molecule has 1 aromatic heterocycles. The molecule has 2 saturated carbocycles. The molecule has 4 rings (SSSR count). The number of benzene rings is 1. The van der Waals surface area contributed by atoms with Gasteiger partial charge in [-0.15, -0.1) is 0 Å². The average Bonchev–Trinajstić information content (AvgIpc) is 3.48. The van der Waals surface area contributed by atoms with Gasteiger partial charge in [0, 0.05) is 12.1 Å². The maximum atomic E-state index is 13.2. The summed E-state index contributed by atoms with van der Waals surface area (Å²) in [6.07, 6.45) is 8.06. The second-order valence-electron chi connectivity index (χ2n) is 8.19. The van der Waals surface area contributed by atoms with Gasteiger partial charge < -0.3 is 14.1 Å². The Morgan fingerprint density at radius 1 is 1.10 bits per heavy atom. The SMILES string of the molecule is CCC1CCC(N(C(=O)c2ccc(COc3ccccc3C#N)o2)C2CC2)CC1. The summed E-state index contributed by atoms with van der Waals surface area (Å²) in [6.45, 7) is 2.45. The quantitative estimate of drug-likeness (QED) is 0.641. The maximum absolute atomic E-state index is 13.2. The van der Waals surface area contributed by atoms with E-state index in [0.717, 1.165) is 31.6 Å². The van der Waals surface area contributed by atoms with Crippen molar-refractivity contribution in [2.24, 2.45) is 5.92 Å². The molecule has 2 fully saturated rings. The monoisotopic (exact) mass is 392 g/mol. The summed E-state index contributed by atoms with van der Waals surface area (Å²) >= 11 is 0. The second kappa shape index (κ2) is 8.73. The largest absolute Gasteiger partial charge is 0.484 e. The molecule has 1 aromatic carbocycles. The van der Waals surface area contributed by atoms with E-state index >= 15 is 0 Å². The van der Waals surface area contributed by atoms with Gasteiger partial charge in [0.05, 0.1) is 5.56 Å². The molecule has 5 heteroatoms. The third kappa shape index (κ3) is 4.48. The molecule has 0 saturated heterocycles. The van der Waals surface area contributed by atoms with Crippen molar-refractivity contribution in [1.29, 1.82) is 5.26 Å². The number of nitrogens with zero attached hydrogens (tertiary/aromatic N) is 2. The number of rotatable bonds is 7. The summed E-state index contributed by atoms with van der Waals surface area (Å²) in [6, 6.07) is 13.5. The molecule has 2 aliphatic rings. The highest BCUT2D eigenvalue weighted by Crippen LogP contribution is 2.37. The van der Waals surface area contributed by atoms with Crippen molar-refractivity contribution < 1.29 is 13.9 Å². The van der Waals surface area contributed by atoms with Crippen LogP contribution in [0.4, 0.5) is 0 Å². The number of ether oxygens (including phenoxy) is 1. The smallest absolute Gasteiger partial charge is 0.290 e. The van der Waals surface area contributed by atoms with Gasteiger partial charge in [0.15, 0.2) is 5.76 Å². The lowest BCUT2D eigenvalue weighted by atomic mass is 9.84. The van der Waals surface area contributed by atoms with E-state index in [9.17, 15) is 4.79 Å². The highest BCUT2D eigenvalue weighted by atomic mass is 16.5. The van der Waals surface area contributed by atoms with Crippen LogP contribution in [0.25, 0.3) is 0 Å². The lowest BCUT2D eigenvalue weighted by molar-refractivity contribution is 0.0551. The minimum Gasteiger partial charge on any atom is -0.484 e. The third-order valence-corrected chi connectivity index (χ3v) is 6.21. The van der Waals surface area contributed by atoms with E-state index in [2.05, 4.69) is 17.9 Å². The number of nitriles is 1. The normalized spacial score (nSPS) is 21.4. The number of hydrogen-bond acceptors (Lipinski definition) is 4. The Morgan fingerprint density at radius 2 is 1.79 bits per heavy atom. The number of amides is 1. The number of carbonyl (C=O) groups excluding carboxylic acids is 1. The summed E-state index contributed by atoms with van der Waals surface area (Å²) < 4.78 is 11.6. The first kappa shape index (κ1) is 19.6. The summed E-state index contributed by atoms with van der Waals surface area (Å²) in [5, 5.41) is 9.16. The molecular formula is C24H28N2O3. The van der Waals surface area contributed by atoms with Crippen LogP contribution in [0.3, 0.4) is 0 Å². The minimum absolute atomic E-state index is 0.0103. The van der Waals surface area contributed by atoms with Crippen molar-refractivity contribution in [1.82, 2.24) is 4.90 Å². The van der Waals surface area contributed by atoms with Crippen LogP contribution < -0.4 is 4.74 Å². The van der Waals surface area contributed by atoms with E-state index in [1.165, 1.54) is 19.3 Å². The molecule has 0 aliphatic heterocycles. The highest BCUT2D eigenvalue weighted by Gasteiger charge is 2.39. The predicted molar refractivity (Wildman–Crippen MR) is 109 cm³/mol. The molecule has 29 heavy (non-hydrogen) atoms. The van der Waals surface area contributed by atoms with Crippen molar-refractivity contribution in [2.45, 2.75) is 70.6 Å². The molecule has 0 unspecified atom stereocenters. The van der Waals surface area contributed by atoms with E-state index < -0.39 is 0 Å². The van der Waals surface area contributed by atoms with Crippen LogP contribution >= 0.6 is 0 Å². The van der Waals surface area contributed by atoms with Gasteiger partial charge in [0.25, 0.3) is 5.91 Å². The molecule has 0 bridgehead atoms. The number of carbonyl (C=O) groups is 1. The topological polar surface area (TPSA) is 66.5 Å². The Balaban J connectivity index is 1.41. The van der Waals surface area contributed by atoms with Crippen molar-refractivity contribution in [3.63, 3.8) is 0 Å². The van der Waals surface area contributed by atoms with Crippen LogP contribution in [0, 0.1) is 17.2 Å². The first-order chi connectivity index (χ1) is 14.2. The fourth-order valence-electron chi connectivity index (χ4n) is 4.35. The molecule has 0 N–H and O–H groups in total. The van der Waals surface area contributed by atoms with Gasteiger partial charge in [-0.3, -0.25) is 4.79 Å². The number of hydrogen-bond donors (Lipinski definition) is 0. The van der Waals surface area contributed by atoms with Crippen LogP contribution in [-0.2, 0) is 6.61 Å². The lowest BCUT2D eigenvalue weighted by Gasteiger charge is -2.36. The van der Waals surface area contributed by atoms with Crippen molar-refractivity contribution in [3.8, 4) is 11.8 Å². The highest BCUT2D eigenvalue weighted by molar-refractivity contribution is 5.92. The number of furan rings is 1. The second-order valence-corrected chi connectivity index (χ2v) is 8.19. The van der Waals surface area contributed by atoms with Crippen LogP contribution in [0.15, 0.2) is 40.8 Å². The van der Waals surface area contributed by atoms with Gasteiger partial charge >= 0.3 is 0 Å². The van der Waals surface area contributed by atoms with Crippen LogP contribution in [0.2, 0.25) is 0 Å². The molecule has 1 heterocycles. The van der Waals surface area contributed by atoms with E-state index in [1.807, 2.05) is 6.07 Å². The minimum atomic E-state index is 0.0103. The zero-order valence-corrected chi connectivity index (χ0v) is 17.0. The van der Waals surface area contributed by atoms with Gasteiger partial charge in [-0.25, -0.2) is 0 Å². The molecule has 0 atom stereocenters. The maximum Gasteiger partial charge on any atom is 0.290 e. The summed E-state index contributed by atoms with van der Waals surface area (Å²) in [4.78, 5) is 15.3. The van der Waals surface area contributed by atoms with Gasteiger partial charge in [-0.1, -0.05) is 25.5 Å². The van der Waals surface area contributed by atoms with Gasteiger partial charge in [-0.05, 0) is 68.7 Å². The standard InChI is InChI=1S/C24H28N2O3/c1-2-17-7-9-19(10-8-17)26(20-11-12-20)24(27)23-14-13-21(29-23)16-28-22-6-4-3-5-18(22)15-25/h3-6,13-14,17,19-20H,2,7-12,16H2,1H3. The third-order valence-electron chi connectivity index (χ3n) is 6.21. The molecule has 5 nitrogen and oxygen atoms in total. The zero-order chi connectivity index (χ0) is 20.2.